The summed E-state index contributed by atoms with van der Waals surface area (Å²) in [6.07, 6.45) is 4.32. The summed E-state index contributed by atoms with van der Waals surface area (Å²) in [5, 5.41) is 2.93. The molecule has 1 heterocycles. The molecule has 0 amide bonds. The minimum atomic E-state index is -0.0359. The molecule has 0 bridgehead atoms. The molecule has 4 heteroatoms. The molecule has 72 valence electrons. The second-order valence-electron chi connectivity index (χ2n) is 2.80. The Kier molecular flexibility index (Phi) is 3.49. The number of hydrogen-bond acceptors (Lipinski definition) is 3. The van der Waals surface area contributed by atoms with Gasteiger partial charge in [-0.15, -0.1) is 0 Å². The molecule has 1 N–H and O–H groups in total. The first kappa shape index (κ1) is 9.77. The summed E-state index contributed by atoms with van der Waals surface area (Å²) in [5.74, 6) is 0.443. The fourth-order valence-electron chi connectivity index (χ4n) is 1.15. The Morgan fingerprint density at radius 3 is 2.92 bits per heavy atom. The second kappa shape index (κ2) is 4.64. The van der Waals surface area contributed by atoms with Crippen LogP contribution in [-0.2, 0) is 6.54 Å². The van der Waals surface area contributed by atoms with E-state index in [1.54, 1.807) is 17.0 Å². The van der Waals surface area contributed by atoms with E-state index in [0.29, 0.717) is 5.82 Å². The molecule has 0 aliphatic heterocycles. The van der Waals surface area contributed by atoms with Crippen molar-refractivity contribution in [2.45, 2.75) is 26.8 Å². The molecule has 0 fully saturated rings. The van der Waals surface area contributed by atoms with Gasteiger partial charge >= 0.3 is 0 Å². The highest BCUT2D eigenvalue weighted by atomic mass is 16.1. The van der Waals surface area contributed by atoms with E-state index in [-0.39, 0.29) is 5.56 Å². The third kappa shape index (κ3) is 2.31. The van der Waals surface area contributed by atoms with Gasteiger partial charge in [-0.3, -0.25) is 4.79 Å². The van der Waals surface area contributed by atoms with Crippen molar-refractivity contribution in [1.82, 2.24) is 9.55 Å². The van der Waals surface area contributed by atoms with Gasteiger partial charge < -0.3 is 9.88 Å². The average Bonchev–Trinajstić information content (AvgIpc) is 2.13. The summed E-state index contributed by atoms with van der Waals surface area (Å²) >= 11 is 0. The van der Waals surface area contributed by atoms with Crippen LogP contribution in [0.3, 0.4) is 0 Å². The van der Waals surface area contributed by atoms with Gasteiger partial charge in [-0.25, -0.2) is 4.98 Å². The lowest BCUT2D eigenvalue weighted by Gasteiger charge is -2.05. The van der Waals surface area contributed by atoms with Crippen LogP contribution in [0, 0.1) is 0 Å². The van der Waals surface area contributed by atoms with Crippen LogP contribution in [0.1, 0.15) is 20.3 Å². The summed E-state index contributed by atoms with van der Waals surface area (Å²) in [4.78, 5) is 15.6. The van der Waals surface area contributed by atoms with Crippen LogP contribution in [0.5, 0.6) is 0 Å². The van der Waals surface area contributed by atoms with Crippen molar-refractivity contribution in [2.75, 3.05) is 11.9 Å². The van der Waals surface area contributed by atoms with Crippen molar-refractivity contribution >= 4 is 5.82 Å². The standard InChI is InChI=1S/C9H15N3O/c1-3-6-12-7-5-11-8(9(12)13)10-4-2/h5,7H,3-4,6H2,1-2H3,(H,10,11). The molecular formula is C9H15N3O. The van der Waals surface area contributed by atoms with Gasteiger partial charge in [-0.05, 0) is 13.3 Å². The topological polar surface area (TPSA) is 46.9 Å². The van der Waals surface area contributed by atoms with E-state index in [0.717, 1.165) is 19.5 Å². The number of aryl methyl sites for hydroxylation is 1. The summed E-state index contributed by atoms with van der Waals surface area (Å²) in [7, 11) is 0. The Morgan fingerprint density at radius 2 is 2.31 bits per heavy atom. The number of nitrogens with one attached hydrogen (secondary N) is 1. The van der Waals surface area contributed by atoms with Crippen molar-refractivity contribution in [3.8, 4) is 0 Å². The van der Waals surface area contributed by atoms with E-state index >= 15 is 0 Å². The summed E-state index contributed by atoms with van der Waals surface area (Å²) in [6, 6.07) is 0. The first-order valence-corrected chi connectivity index (χ1v) is 4.59. The van der Waals surface area contributed by atoms with E-state index in [2.05, 4.69) is 10.3 Å². The summed E-state index contributed by atoms with van der Waals surface area (Å²) < 4.78 is 1.67. The average molecular weight is 181 g/mol. The Morgan fingerprint density at radius 1 is 1.54 bits per heavy atom. The van der Waals surface area contributed by atoms with E-state index in [4.69, 9.17) is 0 Å². The molecule has 0 radical (unpaired) electrons. The summed E-state index contributed by atoms with van der Waals surface area (Å²) in [5.41, 5.74) is -0.0359. The Balaban J connectivity index is 2.97. The quantitative estimate of drug-likeness (QED) is 0.756. The minimum Gasteiger partial charge on any atom is -0.366 e. The molecule has 0 saturated heterocycles. The predicted octanol–water partition coefficient (Wildman–Crippen LogP) is 1.09. The zero-order valence-electron chi connectivity index (χ0n) is 8.08. The van der Waals surface area contributed by atoms with Gasteiger partial charge in [0.05, 0.1) is 0 Å². The normalized spacial score (nSPS) is 10.0. The number of anilines is 1. The Labute approximate surface area is 77.6 Å². The lowest BCUT2D eigenvalue weighted by Crippen LogP contribution is -2.24. The van der Waals surface area contributed by atoms with Gasteiger partial charge in [0.2, 0.25) is 0 Å². The van der Waals surface area contributed by atoms with Crippen molar-refractivity contribution < 1.29 is 0 Å². The first-order chi connectivity index (χ1) is 6.29. The molecule has 0 aliphatic carbocycles. The monoisotopic (exact) mass is 181 g/mol. The molecule has 0 atom stereocenters. The third-order valence-electron chi connectivity index (χ3n) is 1.72. The lowest BCUT2D eigenvalue weighted by molar-refractivity contribution is 0.649. The number of aromatic nitrogens is 2. The zero-order valence-corrected chi connectivity index (χ0v) is 8.08. The molecule has 1 rings (SSSR count). The molecule has 0 saturated carbocycles. The van der Waals surface area contributed by atoms with Crippen LogP contribution in [-0.4, -0.2) is 16.1 Å². The highest BCUT2D eigenvalue weighted by Gasteiger charge is 2.01. The van der Waals surface area contributed by atoms with Gasteiger partial charge in [-0.1, -0.05) is 6.92 Å². The fraction of sp³-hybridized carbons (Fsp3) is 0.556. The molecule has 1 aromatic heterocycles. The molecular weight excluding hydrogens is 166 g/mol. The van der Waals surface area contributed by atoms with Crippen LogP contribution >= 0.6 is 0 Å². The summed E-state index contributed by atoms with van der Waals surface area (Å²) in [6.45, 7) is 5.45. The van der Waals surface area contributed by atoms with Crippen molar-refractivity contribution in [3.63, 3.8) is 0 Å². The van der Waals surface area contributed by atoms with Crippen molar-refractivity contribution in [1.29, 1.82) is 0 Å². The SMILES string of the molecule is CCCn1ccnc(NCC)c1=O. The van der Waals surface area contributed by atoms with Gasteiger partial charge in [0.1, 0.15) is 0 Å². The number of nitrogens with zero attached hydrogens (tertiary/aromatic N) is 2. The Hall–Kier alpha value is -1.32. The van der Waals surface area contributed by atoms with Crippen molar-refractivity contribution in [3.05, 3.63) is 22.7 Å². The van der Waals surface area contributed by atoms with Crippen molar-refractivity contribution in [2.24, 2.45) is 0 Å². The molecule has 13 heavy (non-hydrogen) atoms. The number of hydrogen-bond donors (Lipinski definition) is 1. The maximum atomic E-state index is 11.6. The van der Waals surface area contributed by atoms with E-state index in [1.165, 1.54) is 0 Å². The van der Waals surface area contributed by atoms with Gasteiger partial charge in [0.25, 0.3) is 5.56 Å². The third-order valence-corrected chi connectivity index (χ3v) is 1.72. The fourth-order valence-corrected chi connectivity index (χ4v) is 1.15. The largest absolute Gasteiger partial charge is 0.366 e. The van der Waals surface area contributed by atoms with E-state index in [1.807, 2.05) is 13.8 Å². The molecule has 0 spiro atoms. The van der Waals surface area contributed by atoms with Gasteiger partial charge in [0, 0.05) is 25.5 Å². The maximum Gasteiger partial charge on any atom is 0.293 e. The number of rotatable bonds is 4. The van der Waals surface area contributed by atoms with Crippen LogP contribution in [0.2, 0.25) is 0 Å². The zero-order chi connectivity index (χ0) is 9.68. The highest BCUT2D eigenvalue weighted by Crippen LogP contribution is 1.92. The predicted molar refractivity (Wildman–Crippen MR) is 53.0 cm³/mol. The second-order valence-corrected chi connectivity index (χ2v) is 2.80. The molecule has 4 nitrogen and oxygen atoms in total. The Bertz CT molecular complexity index is 292. The minimum absolute atomic E-state index is 0.0359. The van der Waals surface area contributed by atoms with Crippen LogP contribution in [0.15, 0.2) is 17.2 Å². The lowest BCUT2D eigenvalue weighted by atomic mass is 10.4. The molecule has 1 aromatic rings. The molecule has 0 aromatic carbocycles. The van der Waals surface area contributed by atoms with Crippen LogP contribution < -0.4 is 10.9 Å². The van der Waals surface area contributed by atoms with Crippen LogP contribution in [0.25, 0.3) is 0 Å². The first-order valence-electron chi connectivity index (χ1n) is 4.59. The van der Waals surface area contributed by atoms with Gasteiger partial charge in [-0.2, -0.15) is 0 Å². The highest BCUT2D eigenvalue weighted by molar-refractivity contribution is 5.30. The molecule has 0 unspecified atom stereocenters. The van der Waals surface area contributed by atoms with E-state index in [9.17, 15) is 4.79 Å². The van der Waals surface area contributed by atoms with E-state index < -0.39 is 0 Å². The van der Waals surface area contributed by atoms with Gasteiger partial charge in [0.15, 0.2) is 5.82 Å². The molecule has 0 aliphatic rings. The maximum absolute atomic E-state index is 11.6. The van der Waals surface area contributed by atoms with Crippen LogP contribution in [0.4, 0.5) is 5.82 Å². The smallest absolute Gasteiger partial charge is 0.293 e.